The molecule has 34 heavy (non-hydrogen) atoms. The van der Waals surface area contributed by atoms with Crippen molar-refractivity contribution >= 4 is 11.8 Å². The highest BCUT2D eigenvalue weighted by Crippen LogP contribution is 2.45. The summed E-state index contributed by atoms with van der Waals surface area (Å²) < 4.78 is 16.2. The summed E-state index contributed by atoms with van der Waals surface area (Å²) in [6, 6.07) is 10.4. The van der Waals surface area contributed by atoms with E-state index in [0.717, 1.165) is 25.2 Å². The third-order valence-corrected chi connectivity index (χ3v) is 6.69. The number of quaternary nitrogens is 1. The first kappa shape index (κ1) is 25.4. The number of amides is 2. The van der Waals surface area contributed by atoms with Gasteiger partial charge in [0.05, 0.1) is 59.5 Å². The fourth-order valence-corrected chi connectivity index (χ4v) is 4.62. The Morgan fingerprint density at radius 1 is 1.00 bits per heavy atom. The van der Waals surface area contributed by atoms with Crippen molar-refractivity contribution in [2.24, 2.45) is 0 Å². The van der Waals surface area contributed by atoms with Crippen LogP contribution in [0, 0.1) is 0 Å². The molecule has 2 atom stereocenters. The highest BCUT2D eigenvalue weighted by atomic mass is 16.5. The van der Waals surface area contributed by atoms with Crippen molar-refractivity contribution in [3.8, 4) is 17.2 Å². The number of hydrogen-bond donors (Lipinski definition) is 2. The largest absolute Gasteiger partial charge is 0.497 e. The molecule has 0 aromatic heterocycles. The Morgan fingerprint density at radius 3 is 2.18 bits per heavy atom. The van der Waals surface area contributed by atoms with Gasteiger partial charge in [-0.1, -0.05) is 12.1 Å². The van der Waals surface area contributed by atoms with Gasteiger partial charge in [0.15, 0.2) is 11.5 Å². The highest BCUT2D eigenvalue weighted by molar-refractivity contribution is 6.02. The minimum absolute atomic E-state index is 0.125. The van der Waals surface area contributed by atoms with Crippen LogP contribution in [0.5, 0.6) is 17.2 Å². The summed E-state index contributed by atoms with van der Waals surface area (Å²) in [5.74, 6) is 0.738. The molecular weight excluding hydrogens is 434 g/mol. The monoisotopic (exact) mass is 470 g/mol. The van der Waals surface area contributed by atoms with Crippen LogP contribution in [0.4, 0.5) is 0 Å². The van der Waals surface area contributed by atoms with Crippen molar-refractivity contribution in [1.82, 2.24) is 10.2 Å². The van der Waals surface area contributed by atoms with Crippen LogP contribution in [-0.4, -0.2) is 71.3 Å². The molecule has 0 radical (unpaired) electrons. The van der Waals surface area contributed by atoms with Crippen LogP contribution >= 0.6 is 0 Å². The first-order valence-electron chi connectivity index (χ1n) is 11.7. The molecule has 2 aromatic carbocycles. The molecule has 8 heteroatoms. The maximum Gasteiger partial charge on any atom is 0.254 e. The second-order valence-electron chi connectivity index (χ2n) is 8.40. The zero-order chi connectivity index (χ0) is 24.8. The average Bonchev–Trinajstić information content (AvgIpc) is 2.87. The molecule has 2 amide bonds. The average molecular weight is 471 g/mol. The molecule has 0 aliphatic carbocycles. The Hall–Kier alpha value is -3.26. The summed E-state index contributed by atoms with van der Waals surface area (Å²) in [5.41, 5.74) is 1.93. The van der Waals surface area contributed by atoms with Crippen LogP contribution in [0.1, 0.15) is 47.3 Å². The predicted octanol–water partition coefficient (Wildman–Crippen LogP) is 1.66. The molecule has 0 saturated carbocycles. The molecule has 2 unspecified atom stereocenters. The molecule has 2 N–H and O–H groups in total. The van der Waals surface area contributed by atoms with Crippen molar-refractivity contribution in [2.45, 2.75) is 25.8 Å². The minimum Gasteiger partial charge on any atom is -0.497 e. The second-order valence-corrected chi connectivity index (χ2v) is 8.40. The van der Waals surface area contributed by atoms with Crippen molar-refractivity contribution in [3.05, 3.63) is 53.1 Å². The van der Waals surface area contributed by atoms with Gasteiger partial charge in [0.2, 0.25) is 5.91 Å². The third kappa shape index (κ3) is 4.97. The van der Waals surface area contributed by atoms with Crippen LogP contribution in [-0.2, 0) is 4.79 Å². The number of fused-ring (bicyclic) bond motifs is 1. The standard InChI is InChI=1S/C26H35N3O5/c1-7-29(8-2)14-13-27-25(30)23-19-15-21(33-5)22(34-6)16-20(19)26(31)28(3)24(23)17-9-11-18(32-4)12-10-17/h9-12,15-16,23-24H,7-8,13-14H2,1-6H3,(H,27,30)/p+1. The maximum atomic E-state index is 13.7. The van der Waals surface area contributed by atoms with Gasteiger partial charge in [-0.3, -0.25) is 9.59 Å². The third-order valence-electron chi connectivity index (χ3n) is 6.69. The normalized spacial score (nSPS) is 17.4. The minimum atomic E-state index is -0.613. The van der Waals surface area contributed by atoms with Crippen LogP contribution < -0.4 is 24.4 Å². The Kier molecular flexibility index (Phi) is 8.39. The molecular formula is C26H36N3O5+. The van der Waals surface area contributed by atoms with Gasteiger partial charge in [0.1, 0.15) is 5.75 Å². The number of ether oxygens (including phenoxy) is 3. The van der Waals surface area contributed by atoms with Crippen molar-refractivity contribution in [3.63, 3.8) is 0 Å². The van der Waals surface area contributed by atoms with E-state index < -0.39 is 12.0 Å². The molecule has 0 spiro atoms. The fraction of sp³-hybridized carbons (Fsp3) is 0.462. The van der Waals surface area contributed by atoms with Crippen molar-refractivity contribution in [1.29, 1.82) is 0 Å². The lowest BCUT2D eigenvalue weighted by molar-refractivity contribution is -0.895. The summed E-state index contributed by atoms with van der Waals surface area (Å²) in [4.78, 5) is 30.1. The molecule has 8 nitrogen and oxygen atoms in total. The fourth-order valence-electron chi connectivity index (χ4n) is 4.62. The number of benzene rings is 2. The molecule has 0 saturated heterocycles. The molecule has 1 aliphatic heterocycles. The van der Waals surface area contributed by atoms with Crippen LogP contribution in [0.2, 0.25) is 0 Å². The lowest BCUT2D eigenvalue weighted by Crippen LogP contribution is -3.12. The SMILES string of the molecule is CC[NH+](CC)CCNC(=O)C1c2cc(OC)c(OC)cc2C(=O)N(C)C1c1ccc(OC)cc1. The number of nitrogens with zero attached hydrogens (tertiary/aromatic N) is 1. The highest BCUT2D eigenvalue weighted by Gasteiger charge is 2.43. The van der Waals surface area contributed by atoms with Gasteiger partial charge >= 0.3 is 0 Å². The summed E-state index contributed by atoms with van der Waals surface area (Å²) in [5, 5.41) is 3.12. The van der Waals surface area contributed by atoms with Gasteiger partial charge in [-0.2, -0.15) is 0 Å². The van der Waals surface area contributed by atoms with Crippen LogP contribution in [0.3, 0.4) is 0 Å². The number of carbonyl (C=O) groups excluding carboxylic acids is 2. The summed E-state index contributed by atoms with van der Waals surface area (Å²) >= 11 is 0. The van der Waals surface area contributed by atoms with Crippen molar-refractivity contribution < 1.29 is 28.7 Å². The lowest BCUT2D eigenvalue weighted by atomic mass is 9.79. The Labute approximate surface area is 201 Å². The van der Waals surface area contributed by atoms with Gasteiger partial charge in [-0.25, -0.2) is 0 Å². The van der Waals surface area contributed by atoms with E-state index in [1.165, 1.54) is 12.0 Å². The molecule has 0 fully saturated rings. The molecule has 184 valence electrons. The van der Waals surface area contributed by atoms with Crippen LogP contribution in [0.25, 0.3) is 0 Å². The first-order chi connectivity index (χ1) is 16.4. The number of methoxy groups -OCH3 is 3. The smallest absolute Gasteiger partial charge is 0.254 e. The number of likely N-dealkylation sites (N-methyl/N-ethyl adjacent to an activating group) is 2. The number of rotatable bonds is 10. The second kappa shape index (κ2) is 11.2. The van der Waals surface area contributed by atoms with Gasteiger partial charge in [0, 0.05) is 12.6 Å². The summed E-state index contributed by atoms with van der Waals surface area (Å²) in [7, 11) is 6.41. The number of hydrogen-bond acceptors (Lipinski definition) is 5. The zero-order valence-electron chi connectivity index (χ0n) is 20.9. The Balaban J connectivity index is 2.06. The molecule has 1 aliphatic rings. The van der Waals surface area contributed by atoms with E-state index in [4.69, 9.17) is 14.2 Å². The van der Waals surface area contributed by atoms with E-state index in [1.54, 1.807) is 38.3 Å². The Bertz CT molecular complexity index is 1000. The van der Waals surface area contributed by atoms with E-state index in [-0.39, 0.29) is 11.8 Å². The molecule has 1 heterocycles. The van der Waals surface area contributed by atoms with Gasteiger partial charge in [0.25, 0.3) is 5.91 Å². The van der Waals surface area contributed by atoms with Gasteiger partial charge in [-0.05, 0) is 49.2 Å². The van der Waals surface area contributed by atoms with E-state index in [2.05, 4.69) is 19.2 Å². The van der Waals surface area contributed by atoms with E-state index in [1.807, 2.05) is 24.3 Å². The van der Waals surface area contributed by atoms with E-state index in [0.29, 0.717) is 34.9 Å². The van der Waals surface area contributed by atoms with E-state index in [9.17, 15) is 9.59 Å². The molecule has 3 rings (SSSR count). The van der Waals surface area contributed by atoms with Gasteiger partial charge in [-0.15, -0.1) is 0 Å². The lowest BCUT2D eigenvalue weighted by Gasteiger charge is -2.40. The molecule has 0 bridgehead atoms. The number of carbonyl (C=O) groups is 2. The van der Waals surface area contributed by atoms with Gasteiger partial charge < -0.3 is 29.3 Å². The number of nitrogens with one attached hydrogen (secondary N) is 2. The maximum absolute atomic E-state index is 13.7. The topological polar surface area (TPSA) is 81.5 Å². The Morgan fingerprint density at radius 2 is 1.62 bits per heavy atom. The van der Waals surface area contributed by atoms with Crippen molar-refractivity contribution in [2.75, 3.05) is 54.6 Å². The first-order valence-corrected chi connectivity index (χ1v) is 11.7. The molecule has 2 aromatic rings. The summed E-state index contributed by atoms with van der Waals surface area (Å²) in [6.45, 7) is 7.67. The zero-order valence-corrected chi connectivity index (χ0v) is 20.9. The predicted molar refractivity (Wildman–Crippen MR) is 130 cm³/mol. The summed E-state index contributed by atoms with van der Waals surface area (Å²) in [6.07, 6.45) is 0. The van der Waals surface area contributed by atoms with Crippen LogP contribution in [0.15, 0.2) is 36.4 Å². The van der Waals surface area contributed by atoms with E-state index >= 15 is 0 Å². The quantitative estimate of drug-likeness (QED) is 0.552.